The number of rotatable bonds is 8. The molecular formula is C28H22Cl2F3NO4S. The Hall–Kier alpha value is -3.27. The van der Waals surface area contributed by atoms with Gasteiger partial charge in [-0.1, -0.05) is 59.6 Å². The highest BCUT2D eigenvalue weighted by Crippen LogP contribution is 2.40. The van der Waals surface area contributed by atoms with Gasteiger partial charge in [0.1, 0.15) is 23.1 Å². The molecule has 0 bridgehead atoms. The summed E-state index contributed by atoms with van der Waals surface area (Å²) in [5.41, 5.74) is 1.00. The number of ether oxygens (including phenoxy) is 2. The standard InChI is InChI=1S/C28H22Cl2F3NO4S/c1-16-12-20(10-11-23(16)38-15-25(35)36)37-14-24-34-26(17-6-8-19(9-7-17)28(31,32)33)27(39-24)18-4-2-3-5-21(29)22(30)13-18/h2,4-13,18H,3,14-15H2,1H3,(H,35,36)/b4-2?,21-5+,22-13+. The molecule has 0 fully saturated rings. The number of aromatic nitrogens is 1. The summed E-state index contributed by atoms with van der Waals surface area (Å²) in [7, 11) is 0. The van der Waals surface area contributed by atoms with E-state index in [0.717, 1.165) is 17.0 Å². The van der Waals surface area contributed by atoms with E-state index in [0.29, 0.717) is 49.8 Å². The van der Waals surface area contributed by atoms with Crippen molar-refractivity contribution in [2.45, 2.75) is 32.0 Å². The molecular weight excluding hydrogens is 574 g/mol. The Morgan fingerprint density at radius 2 is 1.87 bits per heavy atom. The fourth-order valence-corrected chi connectivity index (χ4v) is 5.21. The minimum Gasteiger partial charge on any atom is -0.486 e. The van der Waals surface area contributed by atoms with E-state index in [9.17, 15) is 18.0 Å². The van der Waals surface area contributed by atoms with Crippen LogP contribution in [0, 0.1) is 6.92 Å². The highest BCUT2D eigenvalue weighted by Gasteiger charge is 2.30. The zero-order valence-corrected chi connectivity index (χ0v) is 22.8. The second-order valence-corrected chi connectivity index (χ2v) is 10.5. The molecule has 0 aliphatic heterocycles. The molecule has 0 amide bonds. The van der Waals surface area contributed by atoms with Crippen LogP contribution in [0.1, 0.15) is 33.4 Å². The van der Waals surface area contributed by atoms with Gasteiger partial charge in [0.2, 0.25) is 0 Å². The number of aryl methyl sites for hydroxylation is 1. The molecule has 1 aliphatic carbocycles. The molecule has 0 spiro atoms. The molecule has 4 rings (SSSR count). The monoisotopic (exact) mass is 595 g/mol. The molecule has 1 aliphatic rings. The molecule has 0 saturated carbocycles. The van der Waals surface area contributed by atoms with E-state index in [-0.39, 0.29) is 12.5 Å². The first-order valence-electron chi connectivity index (χ1n) is 11.7. The molecule has 0 radical (unpaired) electrons. The van der Waals surface area contributed by atoms with Crippen LogP contribution >= 0.6 is 34.5 Å². The molecule has 39 heavy (non-hydrogen) atoms. The van der Waals surface area contributed by atoms with Crippen LogP contribution in [-0.4, -0.2) is 22.7 Å². The number of benzene rings is 2. The summed E-state index contributed by atoms with van der Waals surface area (Å²) in [6.45, 7) is 1.41. The van der Waals surface area contributed by atoms with E-state index in [1.807, 2.05) is 12.2 Å². The Morgan fingerprint density at radius 1 is 1.13 bits per heavy atom. The fourth-order valence-electron chi connectivity index (χ4n) is 3.80. The largest absolute Gasteiger partial charge is 0.486 e. The first kappa shape index (κ1) is 28.7. The fraction of sp³-hybridized carbons (Fsp3) is 0.214. The van der Waals surface area contributed by atoms with E-state index in [1.165, 1.54) is 23.5 Å². The minimum atomic E-state index is -4.45. The van der Waals surface area contributed by atoms with E-state index in [1.54, 1.807) is 37.3 Å². The van der Waals surface area contributed by atoms with E-state index < -0.39 is 24.3 Å². The van der Waals surface area contributed by atoms with Crippen molar-refractivity contribution in [3.05, 3.63) is 97.8 Å². The van der Waals surface area contributed by atoms with Crippen LogP contribution in [0.5, 0.6) is 11.5 Å². The number of carboxylic acid groups (broad SMARTS) is 1. The van der Waals surface area contributed by atoms with Crippen molar-refractivity contribution in [1.82, 2.24) is 4.98 Å². The van der Waals surface area contributed by atoms with Gasteiger partial charge in [-0.05, 0) is 49.2 Å². The van der Waals surface area contributed by atoms with E-state index in [4.69, 9.17) is 42.8 Å². The number of thiazole rings is 1. The lowest BCUT2D eigenvalue weighted by atomic mass is 9.99. The molecule has 1 heterocycles. The number of alkyl halides is 3. The van der Waals surface area contributed by atoms with Crippen LogP contribution in [-0.2, 0) is 17.6 Å². The summed E-state index contributed by atoms with van der Waals surface area (Å²) < 4.78 is 50.6. The quantitative estimate of drug-likeness (QED) is 0.264. The highest BCUT2D eigenvalue weighted by molar-refractivity contribution is 7.12. The predicted molar refractivity (Wildman–Crippen MR) is 146 cm³/mol. The van der Waals surface area contributed by atoms with Crippen molar-refractivity contribution in [2.24, 2.45) is 0 Å². The predicted octanol–water partition coefficient (Wildman–Crippen LogP) is 8.47. The van der Waals surface area contributed by atoms with Crippen molar-refractivity contribution < 1.29 is 32.5 Å². The molecule has 2 aromatic carbocycles. The lowest BCUT2D eigenvalue weighted by molar-refractivity contribution is -0.139. The lowest BCUT2D eigenvalue weighted by Gasteiger charge is -2.12. The van der Waals surface area contributed by atoms with Crippen LogP contribution in [0.25, 0.3) is 11.3 Å². The summed E-state index contributed by atoms with van der Waals surface area (Å²) in [4.78, 5) is 16.3. The van der Waals surface area contributed by atoms with Gasteiger partial charge >= 0.3 is 12.1 Å². The molecule has 11 heteroatoms. The Bertz CT molecular complexity index is 1450. The summed E-state index contributed by atoms with van der Waals surface area (Å²) in [6, 6.07) is 9.86. The van der Waals surface area contributed by atoms with Gasteiger partial charge in [-0.3, -0.25) is 0 Å². The van der Waals surface area contributed by atoms with Gasteiger partial charge in [-0.25, -0.2) is 9.78 Å². The molecule has 0 saturated heterocycles. The molecule has 1 unspecified atom stereocenters. The maximum absolute atomic E-state index is 13.1. The zero-order chi connectivity index (χ0) is 28.2. The second-order valence-electron chi connectivity index (χ2n) is 8.55. The van der Waals surface area contributed by atoms with Gasteiger partial charge in [0.15, 0.2) is 6.61 Å². The second kappa shape index (κ2) is 12.3. The molecule has 1 N–H and O–H groups in total. The SMILES string of the molecule is Cc1cc(OCc2nc(-c3ccc(C(F)(F)F)cc3)c(C3C=CC/C=C(Cl)\C(Cl)=C/3)s2)ccc1OCC(=O)O. The molecule has 1 atom stereocenters. The van der Waals surface area contributed by atoms with Crippen LogP contribution in [0.3, 0.4) is 0 Å². The molecule has 204 valence electrons. The molecule has 3 aromatic rings. The van der Waals surface area contributed by atoms with Crippen molar-refractivity contribution in [3.63, 3.8) is 0 Å². The number of hydrogen-bond donors (Lipinski definition) is 1. The number of hydrogen-bond acceptors (Lipinski definition) is 5. The van der Waals surface area contributed by atoms with Gasteiger partial charge in [0, 0.05) is 16.4 Å². The number of allylic oxidation sites excluding steroid dienone is 6. The molecule has 1 aromatic heterocycles. The van der Waals surface area contributed by atoms with Crippen LogP contribution in [0.15, 0.2) is 76.8 Å². The van der Waals surface area contributed by atoms with Crippen molar-refractivity contribution in [3.8, 4) is 22.8 Å². The normalized spacial score (nSPS) is 18.4. The average molecular weight is 596 g/mol. The van der Waals surface area contributed by atoms with E-state index >= 15 is 0 Å². The highest BCUT2D eigenvalue weighted by atomic mass is 35.5. The first-order chi connectivity index (χ1) is 18.5. The maximum atomic E-state index is 13.1. The van der Waals surface area contributed by atoms with Gasteiger partial charge < -0.3 is 14.6 Å². The Morgan fingerprint density at radius 3 is 2.54 bits per heavy atom. The Labute approximate surface area is 236 Å². The van der Waals surface area contributed by atoms with Gasteiger partial charge in [0.05, 0.1) is 21.3 Å². The van der Waals surface area contributed by atoms with Crippen molar-refractivity contribution in [1.29, 1.82) is 0 Å². The summed E-state index contributed by atoms with van der Waals surface area (Å²) in [5, 5.41) is 10.2. The third kappa shape index (κ3) is 7.44. The summed E-state index contributed by atoms with van der Waals surface area (Å²) >= 11 is 14.0. The van der Waals surface area contributed by atoms with Gasteiger partial charge in [0.25, 0.3) is 0 Å². The van der Waals surface area contributed by atoms with Crippen molar-refractivity contribution in [2.75, 3.05) is 6.61 Å². The zero-order valence-electron chi connectivity index (χ0n) is 20.5. The minimum absolute atomic E-state index is 0.0988. The number of aliphatic carboxylic acids is 1. The van der Waals surface area contributed by atoms with Crippen molar-refractivity contribution >= 4 is 40.5 Å². The Balaban J connectivity index is 1.64. The average Bonchev–Trinajstić information content (AvgIpc) is 3.31. The number of halogens is 5. The van der Waals surface area contributed by atoms with Crippen LogP contribution in [0.2, 0.25) is 0 Å². The molecule has 5 nitrogen and oxygen atoms in total. The summed E-state index contributed by atoms with van der Waals surface area (Å²) in [5.74, 6) is -0.435. The lowest BCUT2D eigenvalue weighted by Crippen LogP contribution is -2.10. The van der Waals surface area contributed by atoms with E-state index in [2.05, 4.69) is 0 Å². The number of nitrogens with zero attached hydrogens (tertiary/aromatic N) is 1. The Kier molecular flexibility index (Phi) is 9.04. The van der Waals surface area contributed by atoms with Crippen LogP contribution in [0.4, 0.5) is 13.2 Å². The summed E-state index contributed by atoms with van der Waals surface area (Å²) in [6.07, 6.45) is 3.59. The topological polar surface area (TPSA) is 68.7 Å². The third-order valence-corrected chi connectivity index (χ3v) is 7.59. The van der Waals surface area contributed by atoms with Crippen LogP contribution < -0.4 is 9.47 Å². The maximum Gasteiger partial charge on any atom is 0.416 e. The van der Waals surface area contributed by atoms with Gasteiger partial charge in [-0.2, -0.15) is 13.2 Å². The van der Waals surface area contributed by atoms with Gasteiger partial charge in [-0.15, -0.1) is 11.3 Å². The first-order valence-corrected chi connectivity index (χ1v) is 13.2. The number of carbonyl (C=O) groups is 1. The third-order valence-electron chi connectivity index (χ3n) is 5.68. The smallest absolute Gasteiger partial charge is 0.416 e. The number of carboxylic acids is 1.